The number of likely N-dealkylation sites (tertiary alicyclic amines) is 1. The SMILES string of the molecule is CC(O)C1CCN(CCCC(=O)NN)CC1. The molecule has 0 spiro atoms. The average Bonchev–Trinajstić information content (AvgIpc) is 2.29. The molecule has 1 saturated heterocycles. The van der Waals surface area contributed by atoms with Gasteiger partial charge in [0.15, 0.2) is 0 Å². The van der Waals surface area contributed by atoms with E-state index in [9.17, 15) is 9.90 Å². The Kier molecular flexibility index (Phi) is 5.73. The van der Waals surface area contributed by atoms with Gasteiger partial charge in [-0.2, -0.15) is 0 Å². The van der Waals surface area contributed by atoms with Crippen LogP contribution in [-0.2, 0) is 4.79 Å². The number of aliphatic hydroxyl groups excluding tert-OH is 1. The van der Waals surface area contributed by atoms with E-state index in [1.54, 1.807) is 0 Å². The van der Waals surface area contributed by atoms with Crippen LogP contribution in [0.15, 0.2) is 0 Å². The van der Waals surface area contributed by atoms with E-state index >= 15 is 0 Å². The number of hydrogen-bond donors (Lipinski definition) is 3. The first kappa shape index (κ1) is 13.4. The normalized spacial score (nSPS) is 20.7. The van der Waals surface area contributed by atoms with Crippen molar-refractivity contribution >= 4 is 5.91 Å². The number of hydrogen-bond acceptors (Lipinski definition) is 4. The van der Waals surface area contributed by atoms with Gasteiger partial charge >= 0.3 is 0 Å². The maximum absolute atomic E-state index is 10.9. The Balaban J connectivity index is 2.10. The first-order valence-electron chi connectivity index (χ1n) is 6.03. The highest BCUT2D eigenvalue weighted by Crippen LogP contribution is 2.20. The lowest BCUT2D eigenvalue weighted by Crippen LogP contribution is -2.38. The fraction of sp³-hybridized carbons (Fsp3) is 0.909. The molecule has 5 heteroatoms. The molecule has 1 heterocycles. The van der Waals surface area contributed by atoms with E-state index < -0.39 is 0 Å². The number of aliphatic hydroxyl groups is 1. The summed E-state index contributed by atoms with van der Waals surface area (Å²) in [5.41, 5.74) is 2.13. The molecule has 4 N–H and O–H groups in total. The number of amides is 1. The van der Waals surface area contributed by atoms with Gasteiger partial charge in [-0.1, -0.05) is 0 Å². The highest BCUT2D eigenvalue weighted by molar-refractivity contribution is 5.75. The Bertz CT molecular complexity index is 213. The number of carbonyl (C=O) groups excluding carboxylic acids is 1. The Morgan fingerprint density at radius 3 is 2.69 bits per heavy atom. The van der Waals surface area contributed by atoms with Gasteiger partial charge in [-0.05, 0) is 51.7 Å². The van der Waals surface area contributed by atoms with Crippen LogP contribution in [0.3, 0.4) is 0 Å². The van der Waals surface area contributed by atoms with E-state index in [1.165, 1.54) is 0 Å². The summed E-state index contributed by atoms with van der Waals surface area (Å²) in [5, 5.41) is 9.46. The number of nitrogens with zero attached hydrogens (tertiary/aromatic N) is 1. The van der Waals surface area contributed by atoms with Gasteiger partial charge in [-0.25, -0.2) is 5.84 Å². The largest absolute Gasteiger partial charge is 0.393 e. The summed E-state index contributed by atoms with van der Waals surface area (Å²) in [5.74, 6) is 5.35. The molecule has 1 atom stereocenters. The van der Waals surface area contributed by atoms with Gasteiger partial charge < -0.3 is 10.0 Å². The van der Waals surface area contributed by atoms with Gasteiger partial charge in [0.25, 0.3) is 0 Å². The van der Waals surface area contributed by atoms with E-state index in [2.05, 4.69) is 10.3 Å². The van der Waals surface area contributed by atoms with Crippen LogP contribution in [0, 0.1) is 5.92 Å². The van der Waals surface area contributed by atoms with Gasteiger partial charge in [-0.3, -0.25) is 10.2 Å². The van der Waals surface area contributed by atoms with Crippen LogP contribution >= 0.6 is 0 Å². The van der Waals surface area contributed by atoms with E-state index in [4.69, 9.17) is 5.84 Å². The molecule has 1 amide bonds. The van der Waals surface area contributed by atoms with Crippen LogP contribution in [0.2, 0.25) is 0 Å². The molecule has 1 aliphatic heterocycles. The molecule has 94 valence electrons. The Labute approximate surface area is 97.0 Å². The van der Waals surface area contributed by atoms with Crippen molar-refractivity contribution < 1.29 is 9.90 Å². The third-order valence-electron chi connectivity index (χ3n) is 3.35. The molecule has 0 radical (unpaired) electrons. The Morgan fingerprint density at radius 1 is 1.56 bits per heavy atom. The molecule has 0 bridgehead atoms. The van der Waals surface area contributed by atoms with Gasteiger partial charge in [0.2, 0.25) is 5.91 Å². The van der Waals surface area contributed by atoms with Crippen molar-refractivity contribution in [1.82, 2.24) is 10.3 Å². The van der Waals surface area contributed by atoms with Crippen LogP contribution in [0.5, 0.6) is 0 Å². The summed E-state index contributed by atoms with van der Waals surface area (Å²) in [4.78, 5) is 13.3. The van der Waals surface area contributed by atoms with Gasteiger partial charge in [0, 0.05) is 6.42 Å². The standard InChI is InChI=1S/C11H23N3O2/c1-9(15)10-4-7-14(8-5-10)6-2-3-11(16)13-12/h9-10,15H,2-8,12H2,1H3,(H,13,16). The second-order valence-electron chi connectivity index (χ2n) is 4.59. The molecule has 1 fully saturated rings. The molecule has 0 saturated carbocycles. The number of piperidine rings is 1. The maximum Gasteiger partial charge on any atom is 0.233 e. The highest BCUT2D eigenvalue weighted by Gasteiger charge is 2.22. The third-order valence-corrected chi connectivity index (χ3v) is 3.35. The quantitative estimate of drug-likeness (QED) is 0.348. The minimum absolute atomic E-state index is 0.0983. The van der Waals surface area contributed by atoms with Crippen LogP contribution in [0.25, 0.3) is 0 Å². The zero-order chi connectivity index (χ0) is 12.0. The third kappa shape index (κ3) is 4.47. The van der Waals surface area contributed by atoms with Crippen molar-refractivity contribution in [2.45, 2.75) is 38.7 Å². The van der Waals surface area contributed by atoms with Crippen molar-refractivity contribution in [1.29, 1.82) is 0 Å². The number of carbonyl (C=O) groups is 1. The molecule has 0 aromatic carbocycles. The molecule has 0 aromatic heterocycles. The first-order valence-corrected chi connectivity index (χ1v) is 6.03. The second-order valence-corrected chi connectivity index (χ2v) is 4.59. The summed E-state index contributed by atoms with van der Waals surface area (Å²) in [7, 11) is 0. The average molecular weight is 229 g/mol. The van der Waals surface area contributed by atoms with Gasteiger partial charge in [0.1, 0.15) is 0 Å². The fourth-order valence-corrected chi connectivity index (χ4v) is 2.19. The molecule has 16 heavy (non-hydrogen) atoms. The Morgan fingerprint density at radius 2 is 2.19 bits per heavy atom. The lowest BCUT2D eigenvalue weighted by molar-refractivity contribution is -0.121. The first-order chi connectivity index (χ1) is 7.63. The van der Waals surface area contributed by atoms with E-state index in [1.807, 2.05) is 6.92 Å². The van der Waals surface area contributed by atoms with Crippen LogP contribution in [-0.4, -0.2) is 41.7 Å². The van der Waals surface area contributed by atoms with Gasteiger partial charge in [-0.15, -0.1) is 0 Å². The zero-order valence-corrected chi connectivity index (χ0v) is 9.98. The topological polar surface area (TPSA) is 78.6 Å². The predicted octanol–water partition coefficient (Wildman–Crippen LogP) is -0.151. The highest BCUT2D eigenvalue weighted by atomic mass is 16.3. The molecular weight excluding hydrogens is 206 g/mol. The molecule has 1 unspecified atom stereocenters. The Hall–Kier alpha value is -0.650. The van der Waals surface area contributed by atoms with Crippen molar-refractivity contribution in [2.75, 3.05) is 19.6 Å². The summed E-state index contributed by atoms with van der Waals surface area (Å²) in [6.45, 7) is 4.87. The summed E-state index contributed by atoms with van der Waals surface area (Å²) in [6.07, 6.45) is 3.27. The lowest BCUT2D eigenvalue weighted by atomic mass is 9.92. The monoisotopic (exact) mass is 229 g/mol. The lowest BCUT2D eigenvalue weighted by Gasteiger charge is -2.33. The minimum atomic E-state index is -0.190. The molecule has 0 aromatic rings. The molecule has 1 rings (SSSR count). The zero-order valence-electron chi connectivity index (χ0n) is 9.98. The number of rotatable bonds is 5. The van der Waals surface area contributed by atoms with Gasteiger partial charge in [0.05, 0.1) is 6.10 Å². The van der Waals surface area contributed by atoms with Crippen molar-refractivity contribution in [3.05, 3.63) is 0 Å². The summed E-state index contributed by atoms with van der Waals surface area (Å²) < 4.78 is 0. The minimum Gasteiger partial charge on any atom is -0.393 e. The number of nitrogens with two attached hydrogens (primary N) is 1. The van der Waals surface area contributed by atoms with Crippen LogP contribution < -0.4 is 11.3 Å². The fourth-order valence-electron chi connectivity index (χ4n) is 2.19. The summed E-state index contributed by atoms with van der Waals surface area (Å²) >= 11 is 0. The van der Waals surface area contributed by atoms with E-state index in [0.29, 0.717) is 12.3 Å². The summed E-state index contributed by atoms with van der Waals surface area (Å²) in [6, 6.07) is 0. The number of hydrazine groups is 1. The second kappa shape index (κ2) is 6.83. The van der Waals surface area contributed by atoms with Crippen molar-refractivity contribution in [3.63, 3.8) is 0 Å². The predicted molar refractivity (Wildman–Crippen MR) is 62.4 cm³/mol. The smallest absolute Gasteiger partial charge is 0.233 e. The van der Waals surface area contributed by atoms with E-state index in [0.717, 1.165) is 38.9 Å². The van der Waals surface area contributed by atoms with E-state index in [-0.39, 0.29) is 12.0 Å². The molecule has 0 aliphatic carbocycles. The number of nitrogens with one attached hydrogen (secondary N) is 1. The maximum atomic E-state index is 10.9. The molecule has 1 aliphatic rings. The van der Waals surface area contributed by atoms with Crippen molar-refractivity contribution in [2.24, 2.45) is 11.8 Å². The molecular formula is C11H23N3O2. The van der Waals surface area contributed by atoms with Crippen LogP contribution in [0.1, 0.15) is 32.6 Å². The van der Waals surface area contributed by atoms with Crippen molar-refractivity contribution in [3.8, 4) is 0 Å². The van der Waals surface area contributed by atoms with Crippen LogP contribution in [0.4, 0.5) is 0 Å². The molecule has 5 nitrogen and oxygen atoms in total.